The third kappa shape index (κ3) is 3.91. The number of nitrogens with zero attached hydrogens (tertiary/aromatic N) is 1. The molecule has 0 aromatic heterocycles. The summed E-state index contributed by atoms with van der Waals surface area (Å²) in [6, 6.07) is 12.7. The van der Waals surface area contributed by atoms with Gasteiger partial charge in [0.05, 0.1) is 11.6 Å². The Balaban J connectivity index is 2.02. The Labute approximate surface area is 144 Å². The number of hydrogen-bond donors (Lipinski definition) is 1. The maximum Gasteiger partial charge on any atom is 0.416 e. The third-order valence-corrected chi connectivity index (χ3v) is 4.48. The first-order chi connectivity index (χ1) is 11.4. The lowest BCUT2D eigenvalue weighted by Gasteiger charge is -2.35. The van der Waals surface area contributed by atoms with Crippen molar-refractivity contribution in [3.05, 3.63) is 70.2 Å². The van der Waals surface area contributed by atoms with Gasteiger partial charge >= 0.3 is 6.18 Å². The molecule has 0 aliphatic carbocycles. The molecule has 24 heavy (non-hydrogen) atoms. The molecule has 1 heterocycles. The highest BCUT2D eigenvalue weighted by atomic mass is 35.5. The van der Waals surface area contributed by atoms with Gasteiger partial charge in [-0.15, -0.1) is 0 Å². The van der Waals surface area contributed by atoms with Gasteiger partial charge in [-0.1, -0.05) is 35.9 Å². The van der Waals surface area contributed by atoms with Crippen molar-refractivity contribution >= 4 is 11.6 Å². The first-order valence-corrected chi connectivity index (χ1v) is 8.20. The number of nitrogens with one attached hydrogen (secondary N) is 1. The normalized spacial score (nSPS) is 17.7. The quantitative estimate of drug-likeness (QED) is 0.881. The highest BCUT2D eigenvalue weighted by Gasteiger charge is 2.32. The Morgan fingerprint density at radius 1 is 0.958 bits per heavy atom. The van der Waals surface area contributed by atoms with Crippen molar-refractivity contribution in [2.75, 3.05) is 26.2 Å². The molecule has 1 aliphatic heterocycles. The molecule has 6 heteroatoms. The fourth-order valence-electron chi connectivity index (χ4n) is 3.08. The standard InChI is InChI=1S/C18H18ClF3N2/c19-16-6-4-13(5-7-16)17(24-10-8-23-9-11-24)14-2-1-3-15(12-14)18(20,21)22/h1-7,12,17,23H,8-11H2. The average molecular weight is 355 g/mol. The summed E-state index contributed by atoms with van der Waals surface area (Å²) < 4.78 is 39.3. The van der Waals surface area contributed by atoms with E-state index in [4.69, 9.17) is 11.6 Å². The first kappa shape index (κ1) is 17.3. The van der Waals surface area contributed by atoms with Crippen LogP contribution in [0.3, 0.4) is 0 Å². The lowest BCUT2D eigenvalue weighted by molar-refractivity contribution is -0.137. The molecule has 1 aliphatic rings. The average Bonchev–Trinajstić information content (AvgIpc) is 2.57. The number of rotatable bonds is 3. The fourth-order valence-corrected chi connectivity index (χ4v) is 3.21. The second kappa shape index (κ2) is 7.13. The van der Waals surface area contributed by atoms with E-state index < -0.39 is 11.7 Å². The van der Waals surface area contributed by atoms with Crippen LogP contribution in [0, 0.1) is 0 Å². The third-order valence-electron chi connectivity index (χ3n) is 4.23. The predicted molar refractivity (Wildman–Crippen MR) is 89.2 cm³/mol. The van der Waals surface area contributed by atoms with E-state index >= 15 is 0 Å². The molecule has 0 saturated carbocycles. The van der Waals surface area contributed by atoms with Crippen molar-refractivity contribution in [1.82, 2.24) is 10.2 Å². The van der Waals surface area contributed by atoms with E-state index in [1.807, 2.05) is 12.1 Å². The van der Waals surface area contributed by atoms with Gasteiger partial charge in [-0.3, -0.25) is 4.90 Å². The van der Waals surface area contributed by atoms with Crippen LogP contribution >= 0.6 is 11.6 Å². The monoisotopic (exact) mass is 354 g/mol. The molecule has 1 saturated heterocycles. The van der Waals surface area contributed by atoms with Gasteiger partial charge in [-0.25, -0.2) is 0 Å². The molecule has 3 rings (SSSR count). The van der Waals surface area contributed by atoms with Crippen molar-refractivity contribution in [2.45, 2.75) is 12.2 Å². The summed E-state index contributed by atoms with van der Waals surface area (Å²) in [5.41, 5.74) is 0.976. The van der Waals surface area contributed by atoms with E-state index in [0.29, 0.717) is 10.6 Å². The van der Waals surface area contributed by atoms with E-state index in [1.54, 1.807) is 18.2 Å². The number of halogens is 4. The van der Waals surface area contributed by atoms with E-state index in [1.165, 1.54) is 12.1 Å². The van der Waals surface area contributed by atoms with E-state index in [0.717, 1.165) is 37.8 Å². The minimum Gasteiger partial charge on any atom is -0.314 e. The molecular formula is C18H18ClF3N2. The van der Waals surface area contributed by atoms with Crippen molar-refractivity contribution in [3.8, 4) is 0 Å². The van der Waals surface area contributed by atoms with Crippen molar-refractivity contribution < 1.29 is 13.2 Å². The van der Waals surface area contributed by atoms with Crippen LogP contribution in [0.2, 0.25) is 5.02 Å². The smallest absolute Gasteiger partial charge is 0.314 e. The summed E-state index contributed by atoms with van der Waals surface area (Å²) in [6.45, 7) is 3.21. The minimum absolute atomic E-state index is 0.216. The summed E-state index contributed by atoms with van der Waals surface area (Å²) in [5.74, 6) is 0. The molecule has 2 aromatic rings. The van der Waals surface area contributed by atoms with Gasteiger partial charge in [0.25, 0.3) is 0 Å². The van der Waals surface area contributed by atoms with Crippen LogP contribution in [-0.2, 0) is 6.18 Å². The molecule has 1 atom stereocenters. The fraction of sp³-hybridized carbons (Fsp3) is 0.333. The topological polar surface area (TPSA) is 15.3 Å². The Hall–Kier alpha value is -1.56. The number of benzene rings is 2. The van der Waals surface area contributed by atoms with E-state index in [9.17, 15) is 13.2 Å². The highest BCUT2D eigenvalue weighted by Crippen LogP contribution is 2.34. The van der Waals surface area contributed by atoms with Crippen LogP contribution in [0.1, 0.15) is 22.7 Å². The zero-order chi connectivity index (χ0) is 17.2. The molecule has 0 amide bonds. The van der Waals surface area contributed by atoms with Crippen molar-refractivity contribution in [3.63, 3.8) is 0 Å². The Morgan fingerprint density at radius 2 is 1.62 bits per heavy atom. The lowest BCUT2D eigenvalue weighted by Crippen LogP contribution is -2.45. The molecular weight excluding hydrogens is 337 g/mol. The van der Waals surface area contributed by atoms with Gasteiger partial charge in [0.2, 0.25) is 0 Å². The lowest BCUT2D eigenvalue weighted by atomic mass is 9.95. The molecule has 128 valence electrons. The van der Waals surface area contributed by atoms with Gasteiger partial charge in [0, 0.05) is 31.2 Å². The summed E-state index contributed by atoms with van der Waals surface area (Å²) in [7, 11) is 0. The summed E-state index contributed by atoms with van der Waals surface area (Å²) in [4.78, 5) is 2.20. The Kier molecular flexibility index (Phi) is 5.13. The van der Waals surface area contributed by atoms with Gasteiger partial charge in [-0.2, -0.15) is 13.2 Å². The molecule has 2 nitrogen and oxygen atoms in total. The van der Waals surface area contributed by atoms with Gasteiger partial charge < -0.3 is 5.32 Å². The number of piperazine rings is 1. The Bertz CT molecular complexity index is 679. The molecule has 0 radical (unpaired) electrons. The zero-order valence-corrected chi connectivity index (χ0v) is 13.7. The van der Waals surface area contributed by atoms with Crippen molar-refractivity contribution in [2.24, 2.45) is 0 Å². The molecule has 0 spiro atoms. The maximum absolute atomic E-state index is 13.1. The first-order valence-electron chi connectivity index (χ1n) is 7.82. The molecule has 1 unspecified atom stereocenters. The number of alkyl halides is 3. The van der Waals surface area contributed by atoms with Gasteiger partial charge in [-0.05, 0) is 35.4 Å². The van der Waals surface area contributed by atoms with E-state index in [-0.39, 0.29) is 6.04 Å². The summed E-state index contributed by atoms with van der Waals surface area (Å²) in [6.07, 6.45) is -4.34. The second-order valence-corrected chi connectivity index (χ2v) is 6.30. The van der Waals surface area contributed by atoms with Crippen LogP contribution in [0.25, 0.3) is 0 Å². The van der Waals surface area contributed by atoms with Gasteiger partial charge in [0.1, 0.15) is 0 Å². The highest BCUT2D eigenvalue weighted by molar-refractivity contribution is 6.30. The predicted octanol–water partition coefficient (Wildman–Crippen LogP) is 4.35. The van der Waals surface area contributed by atoms with Crippen LogP contribution in [0.4, 0.5) is 13.2 Å². The minimum atomic E-state index is -4.34. The maximum atomic E-state index is 13.1. The van der Waals surface area contributed by atoms with Crippen molar-refractivity contribution in [1.29, 1.82) is 0 Å². The molecule has 1 N–H and O–H groups in total. The largest absolute Gasteiger partial charge is 0.416 e. The SMILES string of the molecule is FC(F)(F)c1cccc(C(c2ccc(Cl)cc2)N2CCNCC2)c1. The Morgan fingerprint density at radius 3 is 2.25 bits per heavy atom. The van der Waals surface area contributed by atoms with Crippen LogP contribution in [0.15, 0.2) is 48.5 Å². The van der Waals surface area contributed by atoms with Gasteiger partial charge in [0.15, 0.2) is 0 Å². The van der Waals surface area contributed by atoms with Crippen LogP contribution in [0.5, 0.6) is 0 Å². The molecule has 1 fully saturated rings. The van der Waals surface area contributed by atoms with E-state index in [2.05, 4.69) is 10.2 Å². The molecule has 0 bridgehead atoms. The molecule has 2 aromatic carbocycles. The van der Waals surface area contributed by atoms with Crippen LogP contribution in [-0.4, -0.2) is 31.1 Å². The van der Waals surface area contributed by atoms with Crippen LogP contribution < -0.4 is 5.32 Å². The number of hydrogen-bond acceptors (Lipinski definition) is 2. The summed E-state index contributed by atoms with van der Waals surface area (Å²) in [5, 5.41) is 3.89. The second-order valence-electron chi connectivity index (χ2n) is 5.86. The zero-order valence-electron chi connectivity index (χ0n) is 13.0. The summed E-state index contributed by atoms with van der Waals surface area (Å²) >= 11 is 5.96.